The van der Waals surface area contributed by atoms with Gasteiger partial charge in [-0.15, -0.1) is 6.58 Å². The summed E-state index contributed by atoms with van der Waals surface area (Å²) in [5, 5.41) is 4.71. The number of rotatable bonds is 6. The maximum atomic E-state index is 5.85. The Morgan fingerprint density at radius 1 is 1.27 bits per heavy atom. The molecule has 120 valence electrons. The van der Waals surface area contributed by atoms with E-state index >= 15 is 0 Å². The predicted molar refractivity (Wildman–Crippen MR) is 95.8 cm³/mol. The number of halogens is 1. The summed E-state index contributed by atoms with van der Waals surface area (Å²) in [6.45, 7) is 9.90. The highest BCUT2D eigenvalue weighted by molar-refractivity contribution is 7.80. The Morgan fingerprint density at radius 2 is 1.95 bits per heavy atom. The molecular formula is C16H22ClN3OS. The van der Waals surface area contributed by atoms with E-state index in [-0.39, 0.29) is 0 Å². The minimum atomic E-state index is 0.681. The highest BCUT2D eigenvalue weighted by Gasteiger charge is 2.18. The minimum absolute atomic E-state index is 0.681. The standard InChI is InChI=1S/C16H22ClN3OS/c1-2-7-18-16(22)20-10-8-19(9-11-20)12-13-21-15-5-3-14(17)4-6-15/h2-6H,1,7-13H2,(H,18,22). The van der Waals surface area contributed by atoms with Crippen molar-refractivity contribution in [1.82, 2.24) is 15.1 Å². The summed E-state index contributed by atoms with van der Waals surface area (Å²) in [6, 6.07) is 7.47. The molecule has 4 nitrogen and oxygen atoms in total. The molecule has 1 N–H and O–H groups in total. The first kappa shape index (κ1) is 17.1. The van der Waals surface area contributed by atoms with Crippen molar-refractivity contribution in [2.24, 2.45) is 0 Å². The van der Waals surface area contributed by atoms with Crippen molar-refractivity contribution < 1.29 is 4.74 Å². The normalized spacial score (nSPS) is 15.4. The highest BCUT2D eigenvalue weighted by Crippen LogP contribution is 2.15. The molecule has 1 fully saturated rings. The van der Waals surface area contributed by atoms with E-state index in [1.54, 1.807) is 0 Å². The first-order valence-electron chi connectivity index (χ1n) is 7.43. The molecule has 1 saturated heterocycles. The SMILES string of the molecule is C=CCNC(=S)N1CCN(CCOc2ccc(Cl)cc2)CC1. The largest absolute Gasteiger partial charge is 0.492 e. The molecule has 0 amide bonds. The molecular weight excluding hydrogens is 318 g/mol. The van der Waals surface area contributed by atoms with Crippen LogP contribution in [0.2, 0.25) is 5.02 Å². The number of thiocarbonyl (C=S) groups is 1. The molecule has 0 aliphatic carbocycles. The lowest BCUT2D eigenvalue weighted by atomic mass is 10.3. The van der Waals surface area contributed by atoms with Crippen molar-refractivity contribution in [2.45, 2.75) is 0 Å². The zero-order valence-electron chi connectivity index (χ0n) is 12.6. The second-order valence-corrected chi connectivity index (χ2v) is 5.93. The Balaban J connectivity index is 1.64. The first-order chi connectivity index (χ1) is 10.7. The molecule has 0 bridgehead atoms. The lowest BCUT2D eigenvalue weighted by Crippen LogP contribution is -2.52. The Bertz CT molecular complexity index is 487. The molecule has 22 heavy (non-hydrogen) atoms. The summed E-state index contributed by atoms with van der Waals surface area (Å²) in [6.07, 6.45) is 1.82. The number of piperazine rings is 1. The summed E-state index contributed by atoms with van der Waals surface area (Å²) >= 11 is 11.2. The Hall–Kier alpha value is -1.30. The van der Waals surface area contributed by atoms with Crippen LogP contribution in [0.5, 0.6) is 5.75 Å². The van der Waals surface area contributed by atoms with Crippen LogP contribution in [0.3, 0.4) is 0 Å². The number of hydrogen-bond donors (Lipinski definition) is 1. The van der Waals surface area contributed by atoms with E-state index < -0.39 is 0 Å². The van der Waals surface area contributed by atoms with E-state index in [9.17, 15) is 0 Å². The quantitative estimate of drug-likeness (QED) is 0.634. The fourth-order valence-electron chi connectivity index (χ4n) is 2.27. The van der Waals surface area contributed by atoms with E-state index in [0.717, 1.165) is 48.6 Å². The van der Waals surface area contributed by atoms with Crippen LogP contribution >= 0.6 is 23.8 Å². The van der Waals surface area contributed by atoms with Crippen LogP contribution in [-0.2, 0) is 0 Å². The molecule has 1 aromatic rings. The summed E-state index contributed by atoms with van der Waals surface area (Å²) < 4.78 is 5.73. The number of benzene rings is 1. The predicted octanol–water partition coefficient (Wildman–Crippen LogP) is 2.40. The fraction of sp³-hybridized carbons (Fsp3) is 0.438. The molecule has 1 aliphatic heterocycles. The van der Waals surface area contributed by atoms with Crippen LogP contribution in [-0.4, -0.2) is 60.8 Å². The van der Waals surface area contributed by atoms with Gasteiger partial charge in [-0.25, -0.2) is 0 Å². The average molecular weight is 340 g/mol. The van der Waals surface area contributed by atoms with Gasteiger partial charge in [0.25, 0.3) is 0 Å². The topological polar surface area (TPSA) is 27.7 Å². The first-order valence-corrected chi connectivity index (χ1v) is 8.22. The van der Waals surface area contributed by atoms with E-state index in [1.807, 2.05) is 30.3 Å². The summed E-state index contributed by atoms with van der Waals surface area (Å²) in [5.74, 6) is 0.859. The third-order valence-electron chi connectivity index (χ3n) is 3.55. The average Bonchev–Trinajstić information content (AvgIpc) is 2.55. The van der Waals surface area contributed by atoms with Gasteiger partial charge in [0.1, 0.15) is 12.4 Å². The second-order valence-electron chi connectivity index (χ2n) is 5.11. The van der Waals surface area contributed by atoms with Crippen molar-refractivity contribution in [3.63, 3.8) is 0 Å². The van der Waals surface area contributed by atoms with Crippen LogP contribution in [0.4, 0.5) is 0 Å². The number of nitrogens with zero attached hydrogens (tertiary/aromatic N) is 2. The van der Waals surface area contributed by atoms with Crippen LogP contribution < -0.4 is 10.1 Å². The van der Waals surface area contributed by atoms with Crippen LogP contribution in [0.1, 0.15) is 0 Å². The van der Waals surface area contributed by atoms with E-state index in [2.05, 4.69) is 21.7 Å². The maximum absolute atomic E-state index is 5.85. The van der Waals surface area contributed by atoms with E-state index in [4.69, 9.17) is 28.6 Å². The minimum Gasteiger partial charge on any atom is -0.492 e. The molecule has 1 aliphatic rings. The number of ether oxygens (including phenoxy) is 1. The lowest BCUT2D eigenvalue weighted by molar-refractivity contribution is 0.154. The molecule has 0 aromatic heterocycles. The molecule has 6 heteroatoms. The third-order valence-corrected chi connectivity index (χ3v) is 4.20. The fourth-order valence-corrected chi connectivity index (χ4v) is 2.66. The Labute approximate surface area is 142 Å². The monoisotopic (exact) mass is 339 g/mol. The van der Waals surface area contributed by atoms with Gasteiger partial charge in [-0.1, -0.05) is 17.7 Å². The van der Waals surface area contributed by atoms with Crippen molar-refractivity contribution in [2.75, 3.05) is 45.9 Å². The summed E-state index contributed by atoms with van der Waals surface area (Å²) in [5.41, 5.74) is 0. The van der Waals surface area contributed by atoms with Crippen molar-refractivity contribution in [1.29, 1.82) is 0 Å². The summed E-state index contributed by atoms with van der Waals surface area (Å²) in [4.78, 5) is 4.60. The van der Waals surface area contributed by atoms with Gasteiger partial charge in [0.2, 0.25) is 0 Å². The van der Waals surface area contributed by atoms with E-state index in [1.165, 1.54) is 0 Å². The smallest absolute Gasteiger partial charge is 0.169 e. The van der Waals surface area contributed by atoms with E-state index in [0.29, 0.717) is 13.2 Å². The van der Waals surface area contributed by atoms with Gasteiger partial charge in [-0.3, -0.25) is 4.90 Å². The molecule has 0 unspecified atom stereocenters. The van der Waals surface area contributed by atoms with Gasteiger partial charge in [-0.2, -0.15) is 0 Å². The summed E-state index contributed by atoms with van der Waals surface area (Å²) in [7, 11) is 0. The molecule has 0 saturated carbocycles. The molecule has 0 spiro atoms. The van der Waals surface area contributed by atoms with Gasteiger partial charge >= 0.3 is 0 Å². The third kappa shape index (κ3) is 5.48. The molecule has 0 radical (unpaired) electrons. The molecule has 1 aromatic carbocycles. The van der Waals surface area contributed by atoms with Crippen molar-refractivity contribution >= 4 is 28.9 Å². The molecule has 0 atom stereocenters. The molecule has 2 rings (SSSR count). The van der Waals surface area contributed by atoms with Crippen molar-refractivity contribution in [3.8, 4) is 5.75 Å². The molecule has 1 heterocycles. The number of nitrogens with one attached hydrogen (secondary N) is 1. The van der Waals surface area contributed by atoms with Crippen LogP contribution in [0.15, 0.2) is 36.9 Å². The van der Waals surface area contributed by atoms with Gasteiger partial charge in [-0.05, 0) is 36.5 Å². The van der Waals surface area contributed by atoms with Gasteiger partial charge < -0.3 is 15.0 Å². The zero-order chi connectivity index (χ0) is 15.8. The van der Waals surface area contributed by atoms with Crippen molar-refractivity contribution in [3.05, 3.63) is 41.9 Å². The van der Waals surface area contributed by atoms with Crippen LogP contribution in [0.25, 0.3) is 0 Å². The van der Waals surface area contributed by atoms with Gasteiger partial charge in [0.05, 0.1) is 0 Å². The Morgan fingerprint density at radius 3 is 2.59 bits per heavy atom. The van der Waals surface area contributed by atoms with Crippen LogP contribution in [0, 0.1) is 0 Å². The highest BCUT2D eigenvalue weighted by atomic mass is 35.5. The maximum Gasteiger partial charge on any atom is 0.169 e. The second kappa shape index (κ2) is 8.98. The zero-order valence-corrected chi connectivity index (χ0v) is 14.2. The number of hydrogen-bond acceptors (Lipinski definition) is 3. The Kier molecular flexibility index (Phi) is 6.96. The van der Waals surface area contributed by atoms with Gasteiger partial charge in [0.15, 0.2) is 5.11 Å². The van der Waals surface area contributed by atoms with Gasteiger partial charge in [0, 0.05) is 44.3 Å². The lowest BCUT2D eigenvalue weighted by Gasteiger charge is -2.36.